The molecule has 1 aliphatic carbocycles. The molecule has 1 fully saturated rings. The van der Waals surface area contributed by atoms with Gasteiger partial charge in [0.15, 0.2) is 0 Å². The van der Waals surface area contributed by atoms with Gasteiger partial charge in [-0.25, -0.2) is 0 Å². The summed E-state index contributed by atoms with van der Waals surface area (Å²) in [5, 5.41) is 6.83. The molecule has 2 N–H and O–H groups in total. The second-order valence-electron chi connectivity index (χ2n) is 4.10. The van der Waals surface area contributed by atoms with Crippen molar-refractivity contribution in [3.8, 4) is 0 Å². The molecule has 0 amide bonds. The normalized spacial score (nSPS) is 17.8. The number of nitrogens with one attached hydrogen (secondary N) is 2. The van der Waals surface area contributed by atoms with Gasteiger partial charge in [-0.3, -0.25) is 0 Å². The van der Waals surface area contributed by atoms with E-state index < -0.39 is 0 Å². The summed E-state index contributed by atoms with van der Waals surface area (Å²) in [5.74, 6) is 0.953. The van der Waals surface area contributed by atoms with Gasteiger partial charge in [-0.2, -0.15) is 0 Å². The zero-order valence-corrected chi connectivity index (χ0v) is 9.35. The second-order valence-corrected chi connectivity index (χ2v) is 4.10. The van der Waals surface area contributed by atoms with E-state index in [0.29, 0.717) is 0 Å². The molecule has 0 aliphatic heterocycles. The van der Waals surface area contributed by atoms with Crippen molar-refractivity contribution in [2.24, 2.45) is 5.92 Å². The number of hydrogen-bond donors (Lipinski definition) is 2. The van der Waals surface area contributed by atoms with Gasteiger partial charge in [0.05, 0.1) is 6.61 Å². The Kier molecular flexibility index (Phi) is 7.01. The fraction of sp³-hybridized carbons (Fsp3) is 1.00. The summed E-state index contributed by atoms with van der Waals surface area (Å²) in [5.41, 5.74) is 0. The van der Waals surface area contributed by atoms with Gasteiger partial charge in [-0.05, 0) is 25.3 Å². The quantitative estimate of drug-likeness (QED) is 0.574. The lowest BCUT2D eigenvalue weighted by molar-refractivity contribution is 0.199. The van der Waals surface area contributed by atoms with Crippen LogP contribution in [-0.4, -0.2) is 39.9 Å². The molecular weight excluding hydrogens is 176 g/mol. The molecule has 0 aromatic heterocycles. The Morgan fingerprint density at radius 2 is 1.79 bits per heavy atom. The Hall–Kier alpha value is -0.120. The summed E-state index contributed by atoms with van der Waals surface area (Å²) < 4.78 is 4.95. The molecule has 0 heterocycles. The first-order valence-electron chi connectivity index (χ1n) is 5.84. The molecule has 3 heteroatoms. The highest BCUT2D eigenvalue weighted by molar-refractivity contribution is 4.69. The van der Waals surface area contributed by atoms with Crippen molar-refractivity contribution in [2.75, 3.05) is 39.9 Å². The average Bonchev–Trinajstić information content (AvgIpc) is 2.69. The first-order chi connectivity index (χ1) is 6.93. The lowest BCUT2D eigenvalue weighted by atomic mass is 10.1. The summed E-state index contributed by atoms with van der Waals surface area (Å²) in [6.07, 6.45) is 5.76. The van der Waals surface area contributed by atoms with Crippen LogP contribution in [0.5, 0.6) is 0 Å². The van der Waals surface area contributed by atoms with Crippen LogP contribution in [0, 0.1) is 5.92 Å². The zero-order chi connectivity index (χ0) is 10.1. The summed E-state index contributed by atoms with van der Waals surface area (Å²) in [7, 11) is 1.74. The molecule has 0 unspecified atom stereocenters. The summed E-state index contributed by atoms with van der Waals surface area (Å²) >= 11 is 0. The molecule has 84 valence electrons. The van der Waals surface area contributed by atoms with Crippen molar-refractivity contribution in [3.63, 3.8) is 0 Å². The van der Waals surface area contributed by atoms with Crippen molar-refractivity contribution in [2.45, 2.75) is 25.7 Å². The highest BCUT2D eigenvalue weighted by Crippen LogP contribution is 2.23. The van der Waals surface area contributed by atoms with Gasteiger partial charge in [0.2, 0.25) is 0 Å². The molecule has 0 atom stereocenters. The third-order valence-electron chi connectivity index (χ3n) is 2.87. The fourth-order valence-corrected chi connectivity index (χ4v) is 2.00. The minimum absolute atomic E-state index is 0.808. The average molecular weight is 200 g/mol. The standard InChI is InChI=1S/C11H24N2O/c1-14-9-8-12-6-7-13-10-11-4-2-3-5-11/h11-13H,2-10H2,1H3. The van der Waals surface area contributed by atoms with Gasteiger partial charge in [-0.15, -0.1) is 0 Å². The van der Waals surface area contributed by atoms with Crippen molar-refractivity contribution in [1.82, 2.24) is 10.6 Å². The van der Waals surface area contributed by atoms with Crippen LogP contribution in [0.15, 0.2) is 0 Å². The number of hydrogen-bond acceptors (Lipinski definition) is 3. The van der Waals surface area contributed by atoms with Gasteiger partial charge in [0.1, 0.15) is 0 Å². The topological polar surface area (TPSA) is 33.3 Å². The van der Waals surface area contributed by atoms with E-state index in [1.165, 1.54) is 32.2 Å². The highest BCUT2D eigenvalue weighted by atomic mass is 16.5. The molecule has 0 saturated heterocycles. The van der Waals surface area contributed by atoms with Crippen LogP contribution >= 0.6 is 0 Å². The van der Waals surface area contributed by atoms with Gasteiger partial charge in [0, 0.05) is 26.7 Å². The summed E-state index contributed by atoms with van der Waals surface area (Å²) in [6, 6.07) is 0. The highest BCUT2D eigenvalue weighted by Gasteiger charge is 2.13. The Morgan fingerprint density at radius 1 is 1.07 bits per heavy atom. The molecule has 0 bridgehead atoms. The summed E-state index contributed by atoms with van der Waals surface area (Å²) in [4.78, 5) is 0. The van der Waals surface area contributed by atoms with Crippen LogP contribution in [0.25, 0.3) is 0 Å². The largest absolute Gasteiger partial charge is 0.383 e. The Labute approximate surface area is 87.6 Å². The molecule has 1 saturated carbocycles. The first kappa shape index (κ1) is 12.0. The lowest BCUT2D eigenvalue weighted by Gasteiger charge is -2.10. The van der Waals surface area contributed by atoms with Crippen molar-refractivity contribution >= 4 is 0 Å². The minimum Gasteiger partial charge on any atom is -0.383 e. The predicted octanol–water partition coefficient (Wildman–Crippen LogP) is 1.00. The fourth-order valence-electron chi connectivity index (χ4n) is 2.00. The Balaban J connectivity index is 1.75. The van der Waals surface area contributed by atoms with Crippen LogP contribution in [0.1, 0.15) is 25.7 Å². The van der Waals surface area contributed by atoms with Gasteiger partial charge >= 0.3 is 0 Å². The maximum absolute atomic E-state index is 4.95. The summed E-state index contributed by atoms with van der Waals surface area (Å²) in [6.45, 7) is 5.12. The van der Waals surface area contributed by atoms with E-state index in [4.69, 9.17) is 4.74 Å². The second kappa shape index (κ2) is 8.21. The molecule has 0 aromatic rings. The Bertz CT molecular complexity index is 124. The van der Waals surface area contributed by atoms with Gasteiger partial charge in [0.25, 0.3) is 0 Å². The van der Waals surface area contributed by atoms with E-state index in [1.807, 2.05) is 0 Å². The molecule has 3 nitrogen and oxygen atoms in total. The van der Waals surface area contributed by atoms with Crippen LogP contribution in [-0.2, 0) is 4.74 Å². The molecule has 0 radical (unpaired) electrons. The molecule has 1 aliphatic rings. The monoisotopic (exact) mass is 200 g/mol. The number of ether oxygens (including phenoxy) is 1. The van der Waals surface area contributed by atoms with E-state index >= 15 is 0 Å². The molecule has 0 aromatic carbocycles. The third kappa shape index (κ3) is 5.58. The zero-order valence-electron chi connectivity index (χ0n) is 9.35. The van der Waals surface area contributed by atoms with Crippen molar-refractivity contribution in [3.05, 3.63) is 0 Å². The minimum atomic E-state index is 0.808. The predicted molar refractivity (Wildman–Crippen MR) is 59.6 cm³/mol. The Morgan fingerprint density at radius 3 is 2.50 bits per heavy atom. The SMILES string of the molecule is COCCNCCNCC1CCCC1. The number of rotatable bonds is 8. The maximum atomic E-state index is 4.95. The molecule has 1 rings (SSSR count). The molecular formula is C11H24N2O. The van der Waals surface area contributed by atoms with Crippen LogP contribution in [0.2, 0.25) is 0 Å². The van der Waals surface area contributed by atoms with Crippen LogP contribution in [0.3, 0.4) is 0 Å². The van der Waals surface area contributed by atoms with E-state index in [-0.39, 0.29) is 0 Å². The van der Waals surface area contributed by atoms with E-state index in [0.717, 1.165) is 32.2 Å². The smallest absolute Gasteiger partial charge is 0.0587 e. The third-order valence-corrected chi connectivity index (χ3v) is 2.87. The van der Waals surface area contributed by atoms with E-state index in [1.54, 1.807) is 7.11 Å². The maximum Gasteiger partial charge on any atom is 0.0587 e. The van der Waals surface area contributed by atoms with Crippen LogP contribution < -0.4 is 10.6 Å². The first-order valence-corrected chi connectivity index (χ1v) is 5.84. The number of methoxy groups -OCH3 is 1. The van der Waals surface area contributed by atoms with Gasteiger partial charge in [-0.1, -0.05) is 12.8 Å². The van der Waals surface area contributed by atoms with Gasteiger partial charge < -0.3 is 15.4 Å². The van der Waals surface area contributed by atoms with Crippen LogP contribution in [0.4, 0.5) is 0 Å². The molecule has 14 heavy (non-hydrogen) atoms. The van der Waals surface area contributed by atoms with E-state index in [2.05, 4.69) is 10.6 Å². The van der Waals surface area contributed by atoms with Crippen molar-refractivity contribution < 1.29 is 4.74 Å². The molecule has 0 spiro atoms. The van der Waals surface area contributed by atoms with E-state index in [9.17, 15) is 0 Å². The van der Waals surface area contributed by atoms with Crippen molar-refractivity contribution in [1.29, 1.82) is 0 Å². The lowest BCUT2D eigenvalue weighted by Crippen LogP contribution is -2.31.